The number of nitrogens with one attached hydrogen (secondary N) is 1. The molecule has 4 aromatic rings. The van der Waals surface area contributed by atoms with Crippen LogP contribution in [0.5, 0.6) is 0 Å². The molecule has 0 spiro atoms. The Morgan fingerprint density at radius 1 is 1.03 bits per heavy atom. The minimum atomic E-state index is -4.53. The highest BCUT2D eigenvalue weighted by molar-refractivity contribution is 6.08. The summed E-state index contributed by atoms with van der Waals surface area (Å²) in [5, 5.41) is 6.84. The van der Waals surface area contributed by atoms with Crippen LogP contribution in [-0.4, -0.2) is 25.5 Å². The largest absolute Gasteiger partial charge is 0.417 e. The van der Waals surface area contributed by atoms with Crippen molar-refractivity contribution in [3.8, 4) is 11.3 Å². The maximum atomic E-state index is 13.4. The van der Waals surface area contributed by atoms with Gasteiger partial charge in [0.05, 0.1) is 17.5 Å². The predicted molar refractivity (Wildman–Crippen MR) is 105 cm³/mol. The van der Waals surface area contributed by atoms with Crippen molar-refractivity contribution >= 4 is 17.2 Å². The molecule has 30 heavy (non-hydrogen) atoms. The molecule has 0 saturated carbocycles. The molecule has 6 nitrogen and oxygen atoms in total. The van der Waals surface area contributed by atoms with E-state index >= 15 is 0 Å². The van der Waals surface area contributed by atoms with E-state index in [2.05, 4.69) is 20.4 Å². The van der Waals surface area contributed by atoms with Crippen molar-refractivity contribution in [3.05, 3.63) is 77.4 Å². The van der Waals surface area contributed by atoms with Crippen molar-refractivity contribution < 1.29 is 18.0 Å². The fraction of sp³-hybridized carbons (Fsp3) is 0.143. The molecule has 0 radical (unpaired) electrons. The molecule has 1 amide bonds. The Morgan fingerprint density at radius 2 is 1.73 bits per heavy atom. The third-order valence-corrected chi connectivity index (χ3v) is 4.46. The monoisotopic (exact) mass is 411 g/mol. The number of pyridine rings is 1. The third kappa shape index (κ3) is 3.73. The van der Waals surface area contributed by atoms with Crippen molar-refractivity contribution in [1.82, 2.24) is 19.6 Å². The Bertz CT molecular complexity index is 1240. The van der Waals surface area contributed by atoms with Crippen LogP contribution >= 0.6 is 0 Å². The van der Waals surface area contributed by atoms with Crippen molar-refractivity contribution in [2.24, 2.45) is 0 Å². The molecule has 152 valence electrons. The normalized spacial score (nSPS) is 11.6. The summed E-state index contributed by atoms with van der Waals surface area (Å²) in [6.07, 6.45) is -1.72. The number of nitrogens with zero attached hydrogens (tertiary/aromatic N) is 4. The van der Waals surface area contributed by atoms with E-state index in [0.29, 0.717) is 5.69 Å². The van der Waals surface area contributed by atoms with Gasteiger partial charge in [-0.2, -0.15) is 18.3 Å². The molecule has 0 fully saturated rings. The van der Waals surface area contributed by atoms with Gasteiger partial charge in [-0.1, -0.05) is 18.2 Å². The van der Waals surface area contributed by atoms with Crippen LogP contribution in [-0.2, 0) is 6.18 Å². The Hall–Kier alpha value is -3.75. The fourth-order valence-corrected chi connectivity index (χ4v) is 3.24. The lowest BCUT2D eigenvalue weighted by Crippen LogP contribution is -2.13. The van der Waals surface area contributed by atoms with Crippen LogP contribution in [0.3, 0.4) is 0 Å². The van der Waals surface area contributed by atoms with Crippen LogP contribution in [0, 0.1) is 13.8 Å². The zero-order chi connectivity index (χ0) is 21.5. The number of aryl methyl sites for hydroxylation is 2. The summed E-state index contributed by atoms with van der Waals surface area (Å²) < 4.78 is 41.5. The second-order valence-electron chi connectivity index (χ2n) is 6.78. The summed E-state index contributed by atoms with van der Waals surface area (Å²) in [5.74, 6) is -0.469. The summed E-state index contributed by atoms with van der Waals surface area (Å²) in [7, 11) is 0. The maximum Gasteiger partial charge on any atom is 0.417 e. The molecule has 0 saturated heterocycles. The first-order valence-electron chi connectivity index (χ1n) is 9.00. The van der Waals surface area contributed by atoms with Crippen LogP contribution in [0.15, 0.2) is 54.9 Å². The quantitative estimate of drug-likeness (QED) is 0.531. The number of rotatable bonds is 3. The van der Waals surface area contributed by atoms with Crippen molar-refractivity contribution in [2.45, 2.75) is 20.0 Å². The lowest BCUT2D eigenvalue weighted by molar-refractivity contribution is -0.137. The number of hydrogen-bond acceptors (Lipinski definition) is 4. The first kappa shape index (κ1) is 19.6. The van der Waals surface area contributed by atoms with Crippen LogP contribution in [0.25, 0.3) is 16.9 Å². The summed E-state index contributed by atoms with van der Waals surface area (Å²) in [6, 6.07) is 10.0. The molecule has 9 heteroatoms. The highest BCUT2D eigenvalue weighted by atomic mass is 19.4. The van der Waals surface area contributed by atoms with Gasteiger partial charge in [0.15, 0.2) is 5.65 Å². The van der Waals surface area contributed by atoms with Gasteiger partial charge in [-0.3, -0.25) is 9.78 Å². The van der Waals surface area contributed by atoms with Gasteiger partial charge < -0.3 is 5.32 Å². The smallest absolute Gasteiger partial charge is 0.322 e. The minimum Gasteiger partial charge on any atom is -0.322 e. The number of carbonyl (C=O) groups is 1. The average molecular weight is 411 g/mol. The van der Waals surface area contributed by atoms with Gasteiger partial charge in [0.2, 0.25) is 0 Å². The molecule has 1 N–H and O–H groups in total. The number of hydrogen-bond donors (Lipinski definition) is 1. The molecule has 1 aromatic carbocycles. The molecule has 0 aliphatic rings. The Labute approximate surface area is 169 Å². The molecule has 3 heterocycles. The van der Waals surface area contributed by atoms with Crippen LogP contribution < -0.4 is 5.32 Å². The van der Waals surface area contributed by atoms with E-state index in [9.17, 15) is 18.0 Å². The summed E-state index contributed by atoms with van der Waals surface area (Å²) >= 11 is 0. The number of alkyl halides is 3. The number of fused-ring (bicyclic) bond motifs is 1. The van der Waals surface area contributed by atoms with Gasteiger partial charge in [0.25, 0.3) is 5.91 Å². The molecule has 0 unspecified atom stereocenters. The molecular weight excluding hydrogens is 395 g/mol. The Balaban J connectivity index is 1.75. The summed E-state index contributed by atoms with van der Waals surface area (Å²) in [5.41, 5.74) is 1.58. The molecular formula is C21H16F3N5O. The fourth-order valence-electron chi connectivity index (χ4n) is 3.24. The first-order chi connectivity index (χ1) is 14.2. The lowest BCUT2D eigenvalue weighted by atomic mass is 10.0. The van der Waals surface area contributed by atoms with Gasteiger partial charge in [0.1, 0.15) is 5.56 Å². The van der Waals surface area contributed by atoms with E-state index in [1.807, 2.05) is 13.8 Å². The van der Waals surface area contributed by atoms with E-state index in [1.54, 1.807) is 12.1 Å². The number of halogens is 3. The van der Waals surface area contributed by atoms with Gasteiger partial charge >= 0.3 is 6.18 Å². The first-order valence-corrected chi connectivity index (χ1v) is 9.00. The molecule has 0 atom stereocenters. The van der Waals surface area contributed by atoms with Crippen LogP contribution in [0.2, 0.25) is 0 Å². The minimum absolute atomic E-state index is 0.0690. The standard InChI is InChI=1S/C21H16F3N5O/c1-12-9-14(10-13(2)26-12)27-20(30)16-11-25-29-8-7-18(28-19(16)29)15-5-3-4-6-17(15)21(22,23)24/h3-11H,1-2H3,(H,26,27,30). The van der Waals surface area contributed by atoms with Gasteiger partial charge in [-0.15, -0.1) is 0 Å². The zero-order valence-electron chi connectivity index (χ0n) is 16.0. The van der Waals surface area contributed by atoms with E-state index < -0.39 is 17.6 Å². The van der Waals surface area contributed by atoms with Crippen LogP contribution in [0.1, 0.15) is 27.3 Å². The molecule has 0 aliphatic carbocycles. The zero-order valence-corrected chi connectivity index (χ0v) is 16.0. The molecule has 0 aliphatic heterocycles. The highest BCUT2D eigenvalue weighted by Crippen LogP contribution is 2.36. The average Bonchev–Trinajstić information content (AvgIpc) is 3.10. The topological polar surface area (TPSA) is 72.2 Å². The van der Waals surface area contributed by atoms with Gasteiger partial charge in [-0.25, -0.2) is 9.50 Å². The van der Waals surface area contributed by atoms with E-state index in [0.717, 1.165) is 17.5 Å². The van der Waals surface area contributed by atoms with Crippen molar-refractivity contribution in [3.63, 3.8) is 0 Å². The Kier molecular flexibility index (Phi) is 4.73. The van der Waals surface area contributed by atoms with E-state index in [1.165, 1.54) is 41.2 Å². The van der Waals surface area contributed by atoms with Crippen molar-refractivity contribution in [2.75, 3.05) is 5.32 Å². The maximum absolute atomic E-state index is 13.4. The third-order valence-electron chi connectivity index (χ3n) is 4.46. The Morgan fingerprint density at radius 3 is 2.43 bits per heavy atom. The lowest BCUT2D eigenvalue weighted by Gasteiger charge is -2.12. The number of benzene rings is 1. The number of anilines is 1. The van der Waals surface area contributed by atoms with E-state index in [-0.39, 0.29) is 22.5 Å². The predicted octanol–water partition coefficient (Wildman–Crippen LogP) is 4.68. The highest BCUT2D eigenvalue weighted by Gasteiger charge is 2.33. The second kappa shape index (κ2) is 7.25. The SMILES string of the molecule is Cc1cc(NC(=O)c2cnn3ccc(-c4ccccc4C(F)(F)F)nc23)cc(C)n1. The second-order valence-corrected chi connectivity index (χ2v) is 6.78. The van der Waals surface area contributed by atoms with Gasteiger partial charge in [0, 0.05) is 28.8 Å². The summed E-state index contributed by atoms with van der Waals surface area (Å²) in [4.78, 5) is 21.3. The van der Waals surface area contributed by atoms with Crippen LogP contribution in [0.4, 0.5) is 18.9 Å². The molecule has 3 aromatic heterocycles. The summed E-state index contributed by atoms with van der Waals surface area (Å²) in [6.45, 7) is 3.62. The molecule has 0 bridgehead atoms. The van der Waals surface area contributed by atoms with Crippen molar-refractivity contribution in [1.29, 1.82) is 0 Å². The number of amides is 1. The van der Waals surface area contributed by atoms with Gasteiger partial charge in [-0.05, 0) is 38.1 Å². The van der Waals surface area contributed by atoms with E-state index in [4.69, 9.17) is 0 Å². The number of carbonyl (C=O) groups excluding carboxylic acids is 1. The number of aromatic nitrogens is 4. The molecule has 4 rings (SSSR count).